The van der Waals surface area contributed by atoms with E-state index < -0.39 is 6.03 Å². The summed E-state index contributed by atoms with van der Waals surface area (Å²) in [5.74, 6) is 1.08. The molecular weight excluding hydrogens is 254 g/mol. The van der Waals surface area contributed by atoms with Gasteiger partial charge in [-0.25, -0.2) is 4.79 Å². The van der Waals surface area contributed by atoms with Gasteiger partial charge in [0.1, 0.15) is 5.76 Å². The van der Waals surface area contributed by atoms with E-state index in [1.54, 1.807) is 6.26 Å². The maximum Gasteiger partial charge on any atom is 0.316 e. The molecule has 1 atom stereocenters. The fourth-order valence-corrected chi connectivity index (χ4v) is 2.63. The second-order valence-electron chi connectivity index (χ2n) is 4.95. The summed E-state index contributed by atoms with van der Waals surface area (Å²) >= 11 is 0. The molecule has 1 aliphatic rings. The Labute approximate surface area is 117 Å². The van der Waals surface area contributed by atoms with Gasteiger partial charge in [-0.1, -0.05) is 0 Å². The van der Waals surface area contributed by atoms with E-state index in [4.69, 9.17) is 10.2 Å². The second-order valence-corrected chi connectivity index (χ2v) is 4.95. The van der Waals surface area contributed by atoms with Crippen LogP contribution in [0.5, 0.6) is 0 Å². The summed E-state index contributed by atoms with van der Waals surface area (Å²) in [5, 5.41) is 6.04. The van der Waals surface area contributed by atoms with Crippen LogP contribution < -0.4 is 16.4 Å². The number of anilines is 2. The van der Waals surface area contributed by atoms with Crippen LogP contribution >= 0.6 is 0 Å². The number of nitrogens with two attached hydrogens (primary N) is 1. The van der Waals surface area contributed by atoms with Gasteiger partial charge in [0.2, 0.25) is 0 Å². The Bertz CT molecular complexity index is 604. The number of primary amides is 1. The van der Waals surface area contributed by atoms with Crippen molar-refractivity contribution in [2.45, 2.75) is 25.3 Å². The zero-order valence-corrected chi connectivity index (χ0v) is 11.1. The first-order valence-corrected chi connectivity index (χ1v) is 6.72. The molecule has 5 heteroatoms. The second kappa shape index (κ2) is 5.28. The van der Waals surface area contributed by atoms with Gasteiger partial charge in [-0.15, -0.1) is 0 Å². The Morgan fingerprint density at radius 3 is 2.70 bits per heavy atom. The van der Waals surface area contributed by atoms with Crippen LogP contribution in [0.2, 0.25) is 0 Å². The smallest absolute Gasteiger partial charge is 0.316 e. The van der Waals surface area contributed by atoms with E-state index >= 15 is 0 Å². The average molecular weight is 271 g/mol. The van der Waals surface area contributed by atoms with E-state index in [1.165, 1.54) is 5.56 Å². The predicted octanol–water partition coefficient (Wildman–Crippen LogP) is 3.26. The standard InChI is InChI=1S/C15H17N3O2/c16-15(19)18-11-6-4-10(5-7-11)17-13-2-1-3-14-12(13)8-9-20-14/h4-9,13,17H,1-3H2,(H3,16,18,19). The fourth-order valence-electron chi connectivity index (χ4n) is 2.63. The molecule has 1 aliphatic carbocycles. The van der Waals surface area contributed by atoms with Crippen LogP contribution in [-0.4, -0.2) is 6.03 Å². The minimum absolute atomic E-state index is 0.285. The van der Waals surface area contributed by atoms with E-state index in [9.17, 15) is 4.79 Å². The van der Waals surface area contributed by atoms with Crippen LogP contribution in [0.1, 0.15) is 30.2 Å². The number of hydrogen-bond donors (Lipinski definition) is 3. The molecule has 2 aromatic rings. The minimum atomic E-state index is -0.555. The Balaban J connectivity index is 1.71. The molecule has 0 radical (unpaired) electrons. The minimum Gasteiger partial charge on any atom is -0.469 e. The Kier molecular flexibility index (Phi) is 3.33. The Morgan fingerprint density at radius 2 is 1.95 bits per heavy atom. The van der Waals surface area contributed by atoms with Gasteiger partial charge in [0.15, 0.2) is 0 Å². The van der Waals surface area contributed by atoms with Crippen molar-refractivity contribution in [3.05, 3.63) is 47.9 Å². The maximum absolute atomic E-state index is 10.8. The molecule has 2 amide bonds. The number of fused-ring (bicyclic) bond motifs is 1. The molecule has 0 spiro atoms. The van der Waals surface area contributed by atoms with Crippen molar-refractivity contribution in [3.63, 3.8) is 0 Å². The quantitative estimate of drug-likeness (QED) is 0.801. The van der Waals surface area contributed by atoms with Gasteiger partial charge in [-0.3, -0.25) is 0 Å². The first-order chi connectivity index (χ1) is 9.72. The van der Waals surface area contributed by atoms with Crippen LogP contribution in [0.4, 0.5) is 16.2 Å². The van der Waals surface area contributed by atoms with E-state index in [0.717, 1.165) is 30.7 Å². The van der Waals surface area contributed by atoms with Crippen LogP contribution in [0.3, 0.4) is 0 Å². The number of carbonyl (C=O) groups excluding carboxylic acids is 1. The largest absolute Gasteiger partial charge is 0.469 e. The molecule has 0 saturated heterocycles. The lowest BCUT2D eigenvalue weighted by atomic mass is 9.93. The lowest BCUT2D eigenvalue weighted by Crippen LogP contribution is -2.19. The van der Waals surface area contributed by atoms with Crippen molar-refractivity contribution >= 4 is 17.4 Å². The number of furan rings is 1. The van der Waals surface area contributed by atoms with Crippen molar-refractivity contribution < 1.29 is 9.21 Å². The summed E-state index contributed by atoms with van der Waals surface area (Å²) in [4.78, 5) is 10.8. The molecule has 0 saturated carbocycles. The molecule has 4 N–H and O–H groups in total. The van der Waals surface area contributed by atoms with Gasteiger partial charge in [-0.2, -0.15) is 0 Å². The van der Waals surface area contributed by atoms with Gasteiger partial charge in [0, 0.05) is 23.4 Å². The van der Waals surface area contributed by atoms with Gasteiger partial charge in [0.05, 0.1) is 12.3 Å². The van der Waals surface area contributed by atoms with Crippen LogP contribution in [0.15, 0.2) is 41.0 Å². The van der Waals surface area contributed by atoms with Crippen molar-refractivity contribution in [2.24, 2.45) is 5.73 Å². The molecular formula is C15H17N3O2. The van der Waals surface area contributed by atoms with Crippen molar-refractivity contribution in [1.82, 2.24) is 0 Å². The molecule has 1 unspecified atom stereocenters. The molecule has 0 bridgehead atoms. The van der Waals surface area contributed by atoms with Crippen molar-refractivity contribution in [3.8, 4) is 0 Å². The summed E-state index contributed by atoms with van der Waals surface area (Å²) in [5.41, 5.74) is 8.03. The number of urea groups is 1. The summed E-state index contributed by atoms with van der Waals surface area (Å²) < 4.78 is 5.49. The molecule has 20 heavy (non-hydrogen) atoms. The van der Waals surface area contributed by atoms with Gasteiger partial charge < -0.3 is 20.8 Å². The topological polar surface area (TPSA) is 80.3 Å². The number of carbonyl (C=O) groups is 1. The number of aryl methyl sites for hydroxylation is 1. The predicted molar refractivity (Wildman–Crippen MR) is 77.7 cm³/mol. The summed E-state index contributed by atoms with van der Waals surface area (Å²) in [6.07, 6.45) is 4.99. The molecule has 0 fully saturated rings. The van der Waals surface area contributed by atoms with E-state index in [2.05, 4.69) is 10.6 Å². The highest BCUT2D eigenvalue weighted by Crippen LogP contribution is 2.33. The number of amides is 2. The number of benzene rings is 1. The SMILES string of the molecule is NC(=O)Nc1ccc(NC2CCCc3occc32)cc1. The monoisotopic (exact) mass is 271 g/mol. The summed E-state index contributed by atoms with van der Waals surface area (Å²) in [7, 11) is 0. The normalized spacial score (nSPS) is 17.3. The lowest BCUT2D eigenvalue weighted by Gasteiger charge is -2.23. The van der Waals surface area contributed by atoms with Crippen LogP contribution in [0, 0.1) is 0 Å². The van der Waals surface area contributed by atoms with Crippen molar-refractivity contribution in [1.29, 1.82) is 0 Å². The number of rotatable bonds is 3. The maximum atomic E-state index is 10.8. The van der Waals surface area contributed by atoms with Gasteiger partial charge in [0.25, 0.3) is 0 Å². The molecule has 1 aromatic heterocycles. The highest BCUT2D eigenvalue weighted by molar-refractivity contribution is 5.87. The van der Waals surface area contributed by atoms with Crippen LogP contribution in [-0.2, 0) is 6.42 Å². The van der Waals surface area contributed by atoms with Gasteiger partial charge >= 0.3 is 6.03 Å². The molecule has 1 heterocycles. The van der Waals surface area contributed by atoms with Gasteiger partial charge in [-0.05, 0) is 43.2 Å². The van der Waals surface area contributed by atoms with E-state index in [0.29, 0.717) is 5.69 Å². The molecule has 1 aromatic carbocycles. The van der Waals surface area contributed by atoms with E-state index in [-0.39, 0.29) is 6.04 Å². The Hall–Kier alpha value is -2.43. The third kappa shape index (κ3) is 2.61. The molecule has 104 valence electrons. The molecule has 5 nitrogen and oxygen atoms in total. The third-order valence-electron chi connectivity index (χ3n) is 3.55. The highest BCUT2D eigenvalue weighted by atomic mass is 16.3. The van der Waals surface area contributed by atoms with Crippen molar-refractivity contribution in [2.75, 3.05) is 10.6 Å². The first kappa shape index (κ1) is 12.6. The zero-order chi connectivity index (χ0) is 13.9. The van der Waals surface area contributed by atoms with E-state index in [1.807, 2.05) is 30.3 Å². The molecule has 3 rings (SSSR count). The highest BCUT2D eigenvalue weighted by Gasteiger charge is 2.22. The summed E-state index contributed by atoms with van der Waals surface area (Å²) in [6, 6.07) is 9.28. The Morgan fingerprint density at radius 1 is 1.20 bits per heavy atom. The summed E-state index contributed by atoms with van der Waals surface area (Å²) in [6.45, 7) is 0. The lowest BCUT2D eigenvalue weighted by molar-refractivity contribution is 0.259. The number of nitrogens with one attached hydrogen (secondary N) is 2. The number of hydrogen-bond acceptors (Lipinski definition) is 3. The average Bonchev–Trinajstić information content (AvgIpc) is 2.90. The fraction of sp³-hybridized carbons (Fsp3) is 0.267. The zero-order valence-electron chi connectivity index (χ0n) is 11.1. The first-order valence-electron chi connectivity index (χ1n) is 6.72. The third-order valence-corrected chi connectivity index (χ3v) is 3.55. The molecule has 0 aliphatic heterocycles. The van der Waals surface area contributed by atoms with Crippen LogP contribution in [0.25, 0.3) is 0 Å².